The van der Waals surface area contributed by atoms with Gasteiger partial charge in [0, 0.05) is 68.8 Å². The van der Waals surface area contributed by atoms with Crippen molar-refractivity contribution in [2.75, 3.05) is 56.7 Å². The Hall–Kier alpha value is -4.97. The molecule has 2 saturated heterocycles. The zero-order chi connectivity index (χ0) is 30.5. The van der Waals surface area contributed by atoms with E-state index in [9.17, 15) is 4.79 Å². The summed E-state index contributed by atoms with van der Waals surface area (Å²) in [5.41, 5.74) is 0.825. The van der Waals surface area contributed by atoms with Gasteiger partial charge in [0.1, 0.15) is 41.4 Å². The van der Waals surface area contributed by atoms with Crippen LogP contribution in [-0.2, 0) is 9.53 Å². The highest BCUT2D eigenvalue weighted by atomic mass is 19.1. The lowest BCUT2D eigenvalue weighted by molar-refractivity contribution is -0.127. The van der Waals surface area contributed by atoms with Crippen LogP contribution in [0.2, 0.25) is 0 Å². The number of pyridine rings is 1. The molecule has 4 heterocycles. The number of morpholine rings is 1. The first-order valence-electron chi connectivity index (χ1n) is 14.4. The summed E-state index contributed by atoms with van der Waals surface area (Å²) in [7, 11) is 1.56. The molecule has 228 valence electrons. The molecule has 0 atom stereocenters. The first-order valence-corrected chi connectivity index (χ1v) is 14.4. The first-order chi connectivity index (χ1) is 21.5. The minimum absolute atomic E-state index is 0.0818. The van der Waals surface area contributed by atoms with Gasteiger partial charge in [0.05, 0.1) is 31.5 Å². The first kappa shape index (κ1) is 29.1. The van der Waals surface area contributed by atoms with Crippen LogP contribution in [0.3, 0.4) is 0 Å². The molecule has 2 aliphatic rings. The number of hydrogen-bond donors (Lipinski definition) is 1. The van der Waals surface area contributed by atoms with Crippen molar-refractivity contribution < 1.29 is 28.1 Å². The molecule has 0 radical (unpaired) electrons. The third kappa shape index (κ3) is 6.50. The van der Waals surface area contributed by atoms with Crippen molar-refractivity contribution in [3.8, 4) is 23.0 Å². The van der Waals surface area contributed by atoms with Gasteiger partial charge in [-0.25, -0.2) is 19.3 Å². The molecule has 0 saturated carbocycles. The molecule has 2 aromatic carbocycles. The maximum atomic E-state index is 15.3. The minimum Gasteiger partial charge on any atom is -0.493 e. The number of nitrogens with zero attached hydrogens (tertiary/aromatic N) is 5. The Balaban J connectivity index is 1.18. The van der Waals surface area contributed by atoms with Crippen LogP contribution in [0.25, 0.3) is 10.9 Å². The van der Waals surface area contributed by atoms with Crippen molar-refractivity contribution in [3.05, 3.63) is 73.5 Å². The highest BCUT2D eigenvalue weighted by Gasteiger charge is 2.24. The topological polar surface area (TPSA) is 111 Å². The fourth-order valence-electron chi connectivity index (χ4n) is 5.27. The van der Waals surface area contributed by atoms with Crippen molar-refractivity contribution in [1.29, 1.82) is 0 Å². The number of carbonyl (C=O) groups is 1. The molecular weight excluding hydrogens is 567 g/mol. The highest BCUT2D eigenvalue weighted by Crippen LogP contribution is 2.37. The monoisotopic (exact) mass is 600 g/mol. The number of likely N-dealkylation sites (tertiary alicyclic amines) is 1. The van der Waals surface area contributed by atoms with Gasteiger partial charge < -0.3 is 34.1 Å². The van der Waals surface area contributed by atoms with E-state index in [1.165, 1.54) is 18.5 Å². The largest absolute Gasteiger partial charge is 0.493 e. The number of aromatic nitrogens is 3. The maximum Gasteiger partial charge on any atom is 0.245 e. The van der Waals surface area contributed by atoms with Crippen molar-refractivity contribution in [3.63, 3.8) is 0 Å². The summed E-state index contributed by atoms with van der Waals surface area (Å²) < 4.78 is 38.6. The van der Waals surface area contributed by atoms with Gasteiger partial charge in [-0.2, -0.15) is 0 Å². The fraction of sp³-hybridized carbons (Fsp3) is 0.312. The molecule has 1 N–H and O–H groups in total. The van der Waals surface area contributed by atoms with E-state index in [1.54, 1.807) is 48.5 Å². The van der Waals surface area contributed by atoms with Crippen molar-refractivity contribution in [2.45, 2.75) is 18.9 Å². The predicted octanol–water partition coefficient (Wildman–Crippen LogP) is 5.10. The van der Waals surface area contributed by atoms with Crippen molar-refractivity contribution >= 4 is 34.1 Å². The van der Waals surface area contributed by atoms with Gasteiger partial charge in [0.25, 0.3) is 0 Å². The number of halogens is 1. The Labute approximate surface area is 254 Å². The number of anilines is 3. The zero-order valence-corrected chi connectivity index (χ0v) is 24.4. The minimum atomic E-state index is -0.512. The van der Waals surface area contributed by atoms with Crippen molar-refractivity contribution in [2.24, 2.45) is 0 Å². The quantitative estimate of drug-likeness (QED) is 0.261. The molecule has 6 rings (SSSR count). The average molecular weight is 601 g/mol. The van der Waals surface area contributed by atoms with E-state index in [2.05, 4.69) is 31.7 Å². The second-order valence-electron chi connectivity index (χ2n) is 10.4. The second-order valence-corrected chi connectivity index (χ2v) is 10.4. The van der Waals surface area contributed by atoms with Crippen LogP contribution < -0.4 is 24.4 Å². The van der Waals surface area contributed by atoms with Gasteiger partial charge in [0.15, 0.2) is 11.5 Å². The molecule has 0 unspecified atom stereocenters. The fourth-order valence-corrected chi connectivity index (χ4v) is 5.27. The average Bonchev–Trinajstić information content (AvgIpc) is 3.06. The van der Waals surface area contributed by atoms with Crippen LogP contribution in [-0.4, -0.2) is 78.4 Å². The van der Waals surface area contributed by atoms with Gasteiger partial charge in [-0.3, -0.25) is 4.79 Å². The summed E-state index contributed by atoms with van der Waals surface area (Å²) in [5, 5.41) is 3.73. The van der Waals surface area contributed by atoms with Gasteiger partial charge in [-0.15, -0.1) is 0 Å². The van der Waals surface area contributed by atoms with Crippen LogP contribution in [0.4, 0.5) is 21.7 Å². The molecule has 2 aliphatic heterocycles. The Bertz CT molecular complexity index is 1660. The number of ether oxygens (including phenoxy) is 4. The lowest BCUT2D eigenvalue weighted by Gasteiger charge is -2.31. The number of carbonyl (C=O) groups excluding carboxylic acids is 1. The van der Waals surface area contributed by atoms with Gasteiger partial charge in [-0.1, -0.05) is 6.58 Å². The number of amides is 1. The van der Waals surface area contributed by atoms with Gasteiger partial charge in [-0.05, 0) is 30.3 Å². The number of hydrogen-bond acceptors (Lipinski definition) is 10. The Kier molecular flexibility index (Phi) is 8.69. The zero-order valence-electron chi connectivity index (χ0n) is 24.4. The lowest BCUT2D eigenvalue weighted by atomic mass is 10.1. The maximum absolute atomic E-state index is 15.3. The van der Waals surface area contributed by atoms with Gasteiger partial charge >= 0.3 is 0 Å². The van der Waals surface area contributed by atoms with Crippen LogP contribution in [0.1, 0.15) is 12.8 Å². The summed E-state index contributed by atoms with van der Waals surface area (Å²) in [6.07, 6.45) is 5.64. The van der Waals surface area contributed by atoms with Crippen LogP contribution in [0.15, 0.2) is 67.6 Å². The third-order valence-corrected chi connectivity index (χ3v) is 7.62. The highest BCUT2D eigenvalue weighted by molar-refractivity contribution is 5.93. The normalized spacial score (nSPS) is 15.6. The van der Waals surface area contributed by atoms with Crippen LogP contribution in [0, 0.1) is 5.82 Å². The molecule has 2 fully saturated rings. The summed E-state index contributed by atoms with van der Waals surface area (Å²) in [5.74, 6) is 2.55. The number of nitrogens with one attached hydrogen (secondary N) is 1. The lowest BCUT2D eigenvalue weighted by Crippen LogP contribution is -2.41. The number of fused-ring (bicyclic) bond motifs is 1. The molecule has 0 bridgehead atoms. The van der Waals surface area contributed by atoms with E-state index in [-0.39, 0.29) is 17.7 Å². The molecule has 4 aromatic rings. The van der Waals surface area contributed by atoms with E-state index in [0.29, 0.717) is 78.9 Å². The molecule has 2 aromatic heterocycles. The molecule has 11 nitrogen and oxygen atoms in total. The molecule has 0 spiro atoms. The summed E-state index contributed by atoms with van der Waals surface area (Å²) in [6, 6.07) is 11.7. The standard InChI is InChI=1S/C32H33FN6O5/c1-3-31(40)39-10-7-21(8-11-39)44-29-18-24-27(19-28(29)41-2)35-20-36-32(24)37-26-5-4-22(16-25(26)33)43-23-6-9-34-30(17-23)38-12-14-42-15-13-38/h3-6,9,16-21H,1,7-8,10-15H2,2H3,(H,35,36,37). The van der Waals surface area contributed by atoms with E-state index in [1.807, 2.05) is 6.07 Å². The number of methoxy groups -OCH3 is 1. The summed E-state index contributed by atoms with van der Waals surface area (Å²) in [6.45, 7) is 7.52. The van der Waals surface area contributed by atoms with E-state index in [4.69, 9.17) is 18.9 Å². The number of rotatable bonds is 9. The van der Waals surface area contributed by atoms with E-state index < -0.39 is 5.82 Å². The molecule has 44 heavy (non-hydrogen) atoms. The Morgan fingerprint density at radius 3 is 2.57 bits per heavy atom. The number of piperidine rings is 1. The van der Waals surface area contributed by atoms with E-state index in [0.717, 1.165) is 18.9 Å². The molecule has 1 amide bonds. The molecular formula is C32H33FN6O5. The SMILES string of the molecule is C=CC(=O)N1CCC(Oc2cc3c(Nc4ccc(Oc5ccnc(N6CCOCC6)c5)cc4F)ncnc3cc2OC)CC1. The second kappa shape index (κ2) is 13.1. The predicted molar refractivity (Wildman–Crippen MR) is 164 cm³/mol. The van der Waals surface area contributed by atoms with E-state index >= 15 is 4.39 Å². The number of benzene rings is 2. The third-order valence-electron chi connectivity index (χ3n) is 7.62. The van der Waals surface area contributed by atoms with Crippen LogP contribution in [0.5, 0.6) is 23.0 Å². The molecule has 12 heteroatoms. The summed E-state index contributed by atoms with van der Waals surface area (Å²) in [4.78, 5) is 29.0. The Morgan fingerprint density at radius 2 is 1.82 bits per heavy atom. The van der Waals surface area contributed by atoms with Gasteiger partial charge in [0.2, 0.25) is 5.91 Å². The Morgan fingerprint density at radius 1 is 1.02 bits per heavy atom. The van der Waals surface area contributed by atoms with Crippen molar-refractivity contribution in [1.82, 2.24) is 19.9 Å². The molecule has 0 aliphatic carbocycles. The smallest absolute Gasteiger partial charge is 0.245 e. The summed E-state index contributed by atoms with van der Waals surface area (Å²) >= 11 is 0. The van der Waals surface area contributed by atoms with Crippen LogP contribution >= 0.6 is 0 Å².